The fourth-order valence-corrected chi connectivity index (χ4v) is 3.55. The van der Waals surface area contributed by atoms with Crippen LogP contribution in [0, 0.1) is 25.2 Å². The van der Waals surface area contributed by atoms with Crippen LogP contribution in [0.2, 0.25) is 0 Å². The fraction of sp³-hybridized carbons (Fsp3) is 0.368. The molecular formula is C19H21N3O2S. The van der Waals surface area contributed by atoms with E-state index in [1.807, 2.05) is 32.0 Å². The molecule has 2 aromatic heterocycles. The average molecular weight is 355 g/mol. The minimum absolute atomic E-state index is 0.00295. The number of ketones is 1. The zero-order chi connectivity index (χ0) is 18.2. The first kappa shape index (κ1) is 18.8. The molecule has 5 nitrogen and oxygen atoms in total. The van der Waals surface area contributed by atoms with Gasteiger partial charge in [0.15, 0.2) is 5.78 Å². The molecule has 2 aromatic rings. The number of hydrogen-bond acceptors (Lipinski definition) is 5. The molecule has 2 heterocycles. The van der Waals surface area contributed by atoms with Crippen molar-refractivity contribution < 1.29 is 9.59 Å². The second-order valence-corrected chi connectivity index (χ2v) is 7.30. The van der Waals surface area contributed by atoms with Crippen LogP contribution in [0.25, 0.3) is 0 Å². The lowest BCUT2D eigenvalue weighted by Gasteiger charge is -2.21. The Labute approximate surface area is 151 Å². The number of amides is 1. The monoisotopic (exact) mass is 355 g/mol. The van der Waals surface area contributed by atoms with Gasteiger partial charge in [-0.1, -0.05) is 6.07 Å². The summed E-state index contributed by atoms with van der Waals surface area (Å²) in [5.74, 6) is -0.117. The van der Waals surface area contributed by atoms with Crippen molar-refractivity contribution in [3.63, 3.8) is 0 Å². The van der Waals surface area contributed by atoms with Gasteiger partial charge in [-0.15, -0.1) is 11.3 Å². The molecule has 0 aliphatic rings. The van der Waals surface area contributed by atoms with Gasteiger partial charge >= 0.3 is 0 Å². The summed E-state index contributed by atoms with van der Waals surface area (Å²) in [4.78, 5) is 32.6. The molecule has 0 N–H and O–H groups in total. The standard InChI is InChI=1S/C19H21N3O2S/c1-14-11-17(15(2)25-14)18(23)6-7-19(24)22(10-4-8-20)13-16-5-3-9-21-12-16/h3,5,9,11-12H,4,6-7,10,13H2,1-2H3. The lowest BCUT2D eigenvalue weighted by molar-refractivity contribution is -0.131. The lowest BCUT2D eigenvalue weighted by Crippen LogP contribution is -2.31. The highest BCUT2D eigenvalue weighted by atomic mass is 32.1. The maximum Gasteiger partial charge on any atom is 0.223 e. The quantitative estimate of drug-likeness (QED) is 0.677. The predicted octanol–water partition coefficient (Wildman–Crippen LogP) is 3.67. The molecular weight excluding hydrogens is 334 g/mol. The van der Waals surface area contributed by atoms with Crippen LogP contribution < -0.4 is 0 Å². The van der Waals surface area contributed by atoms with Gasteiger partial charge in [-0.3, -0.25) is 14.6 Å². The van der Waals surface area contributed by atoms with Gasteiger partial charge in [-0.05, 0) is 31.5 Å². The molecule has 0 aromatic carbocycles. The highest BCUT2D eigenvalue weighted by molar-refractivity contribution is 7.12. The Morgan fingerprint density at radius 1 is 1.32 bits per heavy atom. The van der Waals surface area contributed by atoms with Crippen LogP contribution in [0.5, 0.6) is 0 Å². The van der Waals surface area contributed by atoms with E-state index < -0.39 is 0 Å². The van der Waals surface area contributed by atoms with Crippen LogP contribution in [-0.2, 0) is 11.3 Å². The van der Waals surface area contributed by atoms with E-state index in [-0.39, 0.29) is 31.0 Å². The predicted molar refractivity (Wildman–Crippen MR) is 97.2 cm³/mol. The SMILES string of the molecule is Cc1cc(C(=O)CCC(=O)N(CCC#N)Cc2cccnc2)c(C)s1. The number of aryl methyl sites for hydroxylation is 2. The molecule has 6 heteroatoms. The summed E-state index contributed by atoms with van der Waals surface area (Å²) in [6.45, 7) is 4.65. The van der Waals surface area contributed by atoms with Gasteiger partial charge in [0.2, 0.25) is 5.91 Å². The van der Waals surface area contributed by atoms with Gasteiger partial charge in [0.05, 0.1) is 12.5 Å². The van der Waals surface area contributed by atoms with Gasteiger partial charge in [0.1, 0.15) is 0 Å². The molecule has 0 atom stereocenters. The molecule has 0 bridgehead atoms. The van der Waals surface area contributed by atoms with Crippen molar-refractivity contribution in [3.05, 3.63) is 51.5 Å². The molecule has 0 saturated carbocycles. The third kappa shape index (κ3) is 5.50. The zero-order valence-electron chi connectivity index (χ0n) is 14.5. The number of rotatable bonds is 8. The Balaban J connectivity index is 1.97. The van der Waals surface area contributed by atoms with Crippen molar-refractivity contribution in [1.29, 1.82) is 5.26 Å². The Morgan fingerprint density at radius 2 is 2.12 bits per heavy atom. The first-order valence-electron chi connectivity index (χ1n) is 8.15. The van der Waals surface area contributed by atoms with E-state index in [2.05, 4.69) is 11.1 Å². The minimum Gasteiger partial charge on any atom is -0.337 e. The van der Waals surface area contributed by atoms with Crippen molar-refractivity contribution in [2.24, 2.45) is 0 Å². The lowest BCUT2D eigenvalue weighted by atomic mass is 10.1. The van der Waals surface area contributed by atoms with E-state index in [1.54, 1.807) is 28.6 Å². The molecule has 0 spiro atoms. The van der Waals surface area contributed by atoms with Crippen molar-refractivity contribution in [2.45, 2.75) is 39.7 Å². The molecule has 0 saturated heterocycles. The molecule has 130 valence electrons. The summed E-state index contributed by atoms with van der Waals surface area (Å²) in [5, 5.41) is 8.81. The maximum atomic E-state index is 12.5. The molecule has 0 aliphatic heterocycles. The van der Waals surface area contributed by atoms with Crippen molar-refractivity contribution in [2.75, 3.05) is 6.54 Å². The second kappa shape index (κ2) is 9.09. The molecule has 2 rings (SSSR count). The van der Waals surface area contributed by atoms with E-state index in [9.17, 15) is 9.59 Å². The summed E-state index contributed by atoms with van der Waals surface area (Å²) in [5.41, 5.74) is 1.62. The highest BCUT2D eigenvalue weighted by Crippen LogP contribution is 2.22. The van der Waals surface area contributed by atoms with E-state index in [4.69, 9.17) is 5.26 Å². The molecule has 0 radical (unpaired) electrons. The van der Waals surface area contributed by atoms with Crippen molar-refractivity contribution in [3.8, 4) is 6.07 Å². The van der Waals surface area contributed by atoms with Crippen LogP contribution in [0.4, 0.5) is 0 Å². The number of carbonyl (C=O) groups excluding carboxylic acids is 2. The van der Waals surface area contributed by atoms with Crippen molar-refractivity contribution >= 4 is 23.0 Å². The number of Topliss-reactive ketones (excluding diaryl/α,β-unsaturated/α-hetero) is 1. The summed E-state index contributed by atoms with van der Waals surface area (Å²) < 4.78 is 0. The Bertz CT molecular complexity index is 778. The van der Waals surface area contributed by atoms with Crippen LogP contribution in [0.1, 0.15) is 44.9 Å². The third-order valence-corrected chi connectivity index (χ3v) is 4.82. The Kier molecular flexibility index (Phi) is 6.84. The van der Waals surface area contributed by atoms with Gasteiger partial charge in [0.25, 0.3) is 0 Å². The van der Waals surface area contributed by atoms with Crippen LogP contribution in [0.15, 0.2) is 30.6 Å². The van der Waals surface area contributed by atoms with E-state index in [0.717, 1.165) is 15.3 Å². The number of pyridine rings is 1. The van der Waals surface area contributed by atoms with Gasteiger partial charge in [-0.25, -0.2) is 0 Å². The number of aromatic nitrogens is 1. The number of carbonyl (C=O) groups is 2. The van der Waals surface area contributed by atoms with Crippen LogP contribution >= 0.6 is 11.3 Å². The first-order valence-corrected chi connectivity index (χ1v) is 8.96. The molecule has 1 amide bonds. The minimum atomic E-state index is -0.114. The van der Waals surface area contributed by atoms with E-state index in [0.29, 0.717) is 18.7 Å². The zero-order valence-corrected chi connectivity index (χ0v) is 15.3. The van der Waals surface area contributed by atoms with Gasteiger partial charge in [0, 0.05) is 53.6 Å². The highest BCUT2D eigenvalue weighted by Gasteiger charge is 2.18. The second-order valence-electron chi connectivity index (χ2n) is 5.83. The maximum absolute atomic E-state index is 12.5. The first-order chi connectivity index (χ1) is 12.0. The van der Waals surface area contributed by atoms with E-state index in [1.165, 1.54) is 0 Å². The fourth-order valence-electron chi connectivity index (χ4n) is 2.61. The smallest absolute Gasteiger partial charge is 0.223 e. The molecule has 0 aliphatic carbocycles. The van der Waals surface area contributed by atoms with Gasteiger partial charge < -0.3 is 4.90 Å². The third-order valence-electron chi connectivity index (χ3n) is 3.85. The van der Waals surface area contributed by atoms with Crippen LogP contribution in [0.3, 0.4) is 0 Å². The number of nitriles is 1. The Hall–Kier alpha value is -2.52. The summed E-state index contributed by atoms with van der Waals surface area (Å²) in [6.07, 6.45) is 3.98. The van der Waals surface area contributed by atoms with Crippen LogP contribution in [-0.4, -0.2) is 28.1 Å². The average Bonchev–Trinajstić information content (AvgIpc) is 2.95. The largest absolute Gasteiger partial charge is 0.337 e. The normalized spacial score (nSPS) is 10.3. The van der Waals surface area contributed by atoms with Crippen molar-refractivity contribution in [1.82, 2.24) is 9.88 Å². The molecule has 25 heavy (non-hydrogen) atoms. The molecule has 0 unspecified atom stereocenters. The summed E-state index contributed by atoms with van der Waals surface area (Å²) in [6, 6.07) is 7.65. The molecule has 0 fully saturated rings. The van der Waals surface area contributed by atoms with E-state index >= 15 is 0 Å². The van der Waals surface area contributed by atoms with Gasteiger partial charge in [-0.2, -0.15) is 5.26 Å². The number of nitrogens with zero attached hydrogens (tertiary/aromatic N) is 3. The Morgan fingerprint density at radius 3 is 2.72 bits per heavy atom. The summed E-state index contributed by atoms with van der Waals surface area (Å²) >= 11 is 1.59. The summed E-state index contributed by atoms with van der Waals surface area (Å²) in [7, 11) is 0. The number of thiophene rings is 1. The topological polar surface area (TPSA) is 74.1 Å². The number of hydrogen-bond donors (Lipinski definition) is 0.